The van der Waals surface area contributed by atoms with Crippen molar-refractivity contribution in [1.29, 1.82) is 0 Å². The van der Waals surface area contributed by atoms with E-state index >= 15 is 0 Å². The molecule has 0 aliphatic carbocycles. The molecule has 0 aromatic heterocycles. The fraction of sp³-hybridized carbons (Fsp3) is 0.304. The van der Waals surface area contributed by atoms with Crippen LogP contribution >= 0.6 is 0 Å². The minimum atomic E-state index is 0.0662. The van der Waals surface area contributed by atoms with Gasteiger partial charge in [0.05, 0.1) is 0 Å². The first kappa shape index (κ1) is 18.0. The van der Waals surface area contributed by atoms with Gasteiger partial charge in [-0.05, 0) is 50.6 Å². The van der Waals surface area contributed by atoms with Crippen LogP contribution in [-0.2, 0) is 6.54 Å². The summed E-state index contributed by atoms with van der Waals surface area (Å²) in [5, 5.41) is 0. The van der Waals surface area contributed by atoms with Gasteiger partial charge < -0.3 is 0 Å². The summed E-state index contributed by atoms with van der Waals surface area (Å²) in [7, 11) is 2.13. The molecule has 1 heteroatoms. The van der Waals surface area contributed by atoms with Gasteiger partial charge in [0.15, 0.2) is 0 Å². The van der Waals surface area contributed by atoms with Crippen molar-refractivity contribution in [2.24, 2.45) is 5.41 Å². The van der Waals surface area contributed by atoms with E-state index in [-0.39, 0.29) is 5.41 Å². The van der Waals surface area contributed by atoms with Crippen LogP contribution in [0.5, 0.6) is 0 Å². The fourth-order valence-corrected chi connectivity index (χ4v) is 2.36. The van der Waals surface area contributed by atoms with Crippen LogP contribution in [0.4, 0.5) is 0 Å². The van der Waals surface area contributed by atoms with Crippen molar-refractivity contribution in [2.75, 3.05) is 13.6 Å². The van der Waals surface area contributed by atoms with E-state index in [2.05, 4.69) is 99.2 Å². The molecule has 0 spiro atoms. The van der Waals surface area contributed by atoms with Gasteiger partial charge in [-0.25, -0.2) is 0 Å². The molecule has 0 heterocycles. The van der Waals surface area contributed by atoms with E-state index < -0.39 is 0 Å². The summed E-state index contributed by atoms with van der Waals surface area (Å²) in [6.45, 7) is 8.21. The molecule has 0 amide bonds. The minimum absolute atomic E-state index is 0.0662. The molecular formula is C23H27N. The van der Waals surface area contributed by atoms with Crippen molar-refractivity contribution in [3.63, 3.8) is 0 Å². The van der Waals surface area contributed by atoms with Crippen LogP contribution in [0.25, 0.3) is 11.1 Å². The molecule has 0 atom stereocenters. The van der Waals surface area contributed by atoms with E-state index in [0.29, 0.717) is 0 Å². The Morgan fingerprint density at radius 2 is 1.54 bits per heavy atom. The highest BCUT2D eigenvalue weighted by Crippen LogP contribution is 2.19. The summed E-state index contributed by atoms with van der Waals surface area (Å²) < 4.78 is 0. The van der Waals surface area contributed by atoms with Crippen LogP contribution in [-0.4, -0.2) is 18.5 Å². The first-order chi connectivity index (χ1) is 11.4. The SMILES string of the molecule is CN(C/C=C/C#CC(C)(C)C)Cc1ccc(-c2ccccc2)cc1. The molecule has 0 unspecified atom stereocenters. The second-order valence-electron chi connectivity index (χ2n) is 7.18. The Hall–Kier alpha value is -2.30. The number of hydrogen-bond donors (Lipinski definition) is 0. The van der Waals surface area contributed by atoms with E-state index in [1.54, 1.807) is 0 Å². The minimum Gasteiger partial charge on any atom is -0.298 e. The molecule has 0 radical (unpaired) electrons. The van der Waals surface area contributed by atoms with Gasteiger partial charge in [0.25, 0.3) is 0 Å². The first-order valence-corrected chi connectivity index (χ1v) is 8.45. The maximum Gasteiger partial charge on any atom is 0.0234 e. The highest BCUT2D eigenvalue weighted by Gasteiger charge is 2.02. The predicted octanol–water partition coefficient (Wildman–Crippen LogP) is 5.39. The fourth-order valence-electron chi connectivity index (χ4n) is 2.36. The molecule has 0 bridgehead atoms. The van der Waals surface area contributed by atoms with Crippen LogP contribution in [0.15, 0.2) is 66.7 Å². The third-order valence-corrected chi connectivity index (χ3v) is 3.58. The number of rotatable bonds is 5. The second-order valence-corrected chi connectivity index (χ2v) is 7.18. The number of likely N-dealkylation sites (N-methyl/N-ethyl adjacent to an activating group) is 1. The van der Waals surface area contributed by atoms with Crippen LogP contribution in [0, 0.1) is 17.3 Å². The van der Waals surface area contributed by atoms with Gasteiger partial charge in [-0.2, -0.15) is 0 Å². The molecule has 0 saturated carbocycles. The van der Waals surface area contributed by atoms with Crippen molar-refractivity contribution < 1.29 is 0 Å². The quantitative estimate of drug-likeness (QED) is 0.668. The Labute approximate surface area is 147 Å². The van der Waals surface area contributed by atoms with E-state index in [4.69, 9.17) is 0 Å². The Morgan fingerprint density at radius 1 is 0.917 bits per heavy atom. The van der Waals surface area contributed by atoms with E-state index in [1.807, 2.05) is 12.1 Å². The normalized spacial score (nSPS) is 11.5. The smallest absolute Gasteiger partial charge is 0.0234 e. The van der Waals surface area contributed by atoms with Crippen LogP contribution in [0.1, 0.15) is 26.3 Å². The molecule has 1 nitrogen and oxygen atoms in total. The molecule has 0 fully saturated rings. The summed E-state index contributed by atoms with van der Waals surface area (Å²) in [5.41, 5.74) is 3.92. The van der Waals surface area contributed by atoms with Crippen molar-refractivity contribution in [3.05, 3.63) is 72.3 Å². The van der Waals surface area contributed by atoms with E-state index in [9.17, 15) is 0 Å². The van der Waals surface area contributed by atoms with Crippen molar-refractivity contribution >= 4 is 0 Å². The van der Waals surface area contributed by atoms with Gasteiger partial charge >= 0.3 is 0 Å². The zero-order valence-corrected chi connectivity index (χ0v) is 15.2. The van der Waals surface area contributed by atoms with E-state index in [1.165, 1.54) is 16.7 Å². The average Bonchev–Trinajstić information content (AvgIpc) is 2.55. The van der Waals surface area contributed by atoms with Crippen molar-refractivity contribution in [2.45, 2.75) is 27.3 Å². The zero-order valence-electron chi connectivity index (χ0n) is 15.2. The van der Waals surface area contributed by atoms with Gasteiger partial charge in [0.2, 0.25) is 0 Å². The molecule has 0 aliphatic rings. The number of hydrogen-bond acceptors (Lipinski definition) is 1. The lowest BCUT2D eigenvalue weighted by Gasteiger charge is -2.14. The lowest BCUT2D eigenvalue weighted by atomic mass is 9.98. The highest BCUT2D eigenvalue weighted by molar-refractivity contribution is 5.63. The summed E-state index contributed by atoms with van der Waals surface area (Å²) in [5.74, 6) is 6.32. The summed E-state index contributed by atoms with van der Waals surface area (Å²) >= 11 is 0. The van der Waals surface area contributed by atoms with Crippen LogP contribution in [0.2, 0.25) is 0 Å². The maximum absolute atomic E-state index is 3.21. The Morgan fingerprint density at radius 3 is 2.17 bits per heavy atom. The third-order valence-electron chi connectivity index (χ3n) is 3.58. The van der Waals surface area contributed by atoms with Gasteiger partial charge in [-0.3, -0.25) is 4.90 Å². The molecule has 0 N–H and O–H groups in total. The second kappa shape index (κ2) is 8.52. The summed E-state index contributed by atoms with van der Waals surface area (Å²) in [4.78, 5) is 2.28. The Bertz CT molecular complexity index is 707. The molecule has 2 rings (SSSR count). The summed E-state index contributed by atoms with van der Waals surface area (Å²) in [6, 6.07) is 19.3. The standard InChI is InChI=1S/C23H27N/c1-23(2,3)17-9-6-10-18-24(4)19-20-13-15-22(16-14-20)21-11-7-5-8-12-21/h5-8,10-16H,18-19H2,1-4H3/b10-6+. The molecule has 0 saturated heterocycles. The van der Waals surface area contributed by atoms with Crippen molar-refractivity contribution in [1.82, 2.24) is 4.90 Å². The maximum atomic E-state index is 3.21. The van der Waals surface area contributed by atoms with Gasteiger partial charge in [0.1, 0.15) is 0 Å². The number of nitrogens with zero attached hydrogens (tertiary/aromatic N) is 1. The Kier molecular flexibility index (Phi) is 6.41. The predicted molar refractivity (Wildman–Crippen MR) is 105 cm³/mol. The van der Waals surface area contributed by atoms with Gasteiger partial charge in [0, 0.05) is 18.5 Å². The van der Waals surface area contributed by atoms with Crippen LogP contribution in [0.3, 0.4) is 0 Å². The van der Waals surface area contributed by atoms with Crippen LogP contribution < -0.4 is 0 Å². The first-order valence-electron chi connectivity index (χ1n) is 8.45. The Balaban J connectivity index is 1.87. The molecule has 2 aromatic rings. The molecule has 124 valence electrons. The summed E-state index contributed by atoms with van der Waals surface area (Å²) in [6.07, 6.45) is 4.08. The zero-order chi connectivity index (χ0) is 17.4. The third kappa shape index (κ3) is 6.44. The van der Waals surface area contributed by atoms with Crippen molar-refractivity contribution in [3.8, 4) is 23.0 Å². The molecule has 0 aliphatic heterocycles. The largest absolute Gasteiger partial charge is 0.298 e. The van der Waals surface area contributed by atoms with Gasteiger partial charge in [-0.1, -0.05) is 72.5 Å². The topological polar surface area (TPSA) is 3.24 Å². The van der Waals surface area contributed by atoms with E-state index in [0.717, 1.165) is 13.1 Å². The monoisotopic (exact) mass is 317 g/mol. The lowest BCUT2D eigenvalue weighted by Crippen LogP contribution is -2.17. The molecular weight excluding hydrogens is 290 g/mol. The van der Waals surface area contributed by atoms with Gasteiger partial charge in [-0.15, -0.1) is 0 Å². The molecule has 24 heavy (non-hydrogen) atoms. The highest BCUT2D eigenvalue weighted by atomic mass is 15.1. The lowest BCUT2D eigenvalue weighted by molar-refractivity contribution is 0.363. The number of allylic oxidation sites excluding steroid dienone is 1. The molecule has 2 aromatic carbocycles. The number of benzene rings is 2. The average molecular weight is 317 g/mol.